The predicted octanol–water partition coefficient (Wildman–Crippen LogP) is 3.72. The van der Waals surface area contributed by atoms with Crippen LogP contribution in [0.15, 0.2) is 0 Å². The second-order valence-corrected chi connectivity index (χ2v) is 10.2. The van der Waals surface area contributed by atoms with Gasteiger partial charge in [-0.2, -0.15) is 0 Å². The summed E-state index contributed by atoms with van der Waals surface area (Å²) in [6.07, 6.45) is 4.26. The molecule has 1 heteroatoms. The Bertz CT molecular complexity index is 109. The van der Waals surface area contributed by atoms with E-state index < -0.39 is 7.26 Å². The lowest BCUT2D eigenvalue weighted by Crippen LogP contribution is -2.10. The Morgan fingerprint density at radius 2 is 1.55 bits per heavy atom. The molecule has 0 atom stereocenters. The second kappa shape index (κ2) is 3.90. The van der Waals surface area contributed by atoms with Gasteiger partial charge in [-0.05, 0) is 18.8 Å². The van der Waals surface area contributed by atoms with Crippen LogP contribution in [0.3, 0.4) is 0 Å². The standard InChI is InChI=1S/C10H24P/c1-7-11(5,6)9-8-10(2,3)4/h7-9H2,1-6H3/q+1. The fourth-order valence-corrected chi connectivity index (χ4v) is 2.39. The van der Waals surface area contributed by atoms with Crippen molar-refractivity contribution in [3.8, 4) is 0 Å². The topological polar surface area (TPSA) is 0 Å². The van der Waals surface area contributed by atoms with Crippen LogP contribution in [-0.2, 0) is 0 Å². The summed E-state index contributed by atoms with van der Waals surface area (Å²) < 4.78 is 0. The third-order valence-electron chi connectivity index (χ3n) is 2.32. The fourth-order valence-electron chi connectivity index (χ4n) is 0.796. The van der Waals surface area contributed by atoms with Crippen molar-refractivity contribution >= 4 is 7.26 Å². The summed E-state index contributed by atoms with van der Waals surface area (Å²) in [5.41, 5.74) is 0.534. The first-order valence-electron chi connectivity index (χ1n) is 4.59. The van der Waals surface area contributed by atoms with Crippen LogP contribution in [0.5, 0.6) is 0 Å². The van der Waals surface area contributed by atoms with E-state index in [9.17, 15) is 0 Å². The third-order valence-corrected chi connectivity index (χ3v) is 5.47. The van der Waals surface area contributed by atoms with E-state index in [1.807, 2.05) is 0 Å². The largest absolute Gasteiger partial charge is 0.0600 e. The first kappa shape index (κ1) is 11.4. The summed E-state index contributed by atoms with van der Waals surface area (Å²) in [5, 5.41) is 0. The summed E-state index contributed by atoms with van der Waals surface area (Å²) in [5.74, 6) is 0. The van der Waals surface area contributed by atoms with Gasteiger partial charge >= 0.3 is 0 Å². The maximum atomic E-state index is 2.47. The molecule has 0 aliphatic carbocycles. The molecule has 0 amide bonds. The average Bonchev–Trinajstić information content (AvgIpc) is 1.83. The SMILES string of the molecule is CC[P+](C)(C)CCC(C)(C)C. The molecule has 0 aromatic carbocycles. The van der Waals surface area contributed by atoms with Gasteiger partial charge in [-0.25, -0.2) is 0 Å². The molecular weight excluding hydrogens is 151 g/mol. The lowest BCUT2D eigenvalue weighted by atomic mass is 9.94. The Hall–Kier alpha value is 0.430. The highest BCUT2D eigenvalue weighted by molar-refractivity contribution is 7.74. The summed E-state index contributed by atoms with van der Waals surface area (Å²) in [6.45, 7) is 14.3. The maximum absolute atomic E-state index is 2.47. The van der Waals surface area contributed by atoms with Gasteiger partial charge in [0.25, 0.3) is 0 Å². The molecule has 0 unspecified atom stereocenters. The second-order valence-electron chi connectivity index (χ2n) is 5.29. The highest BCUT2D eigenvalue weighted by atomic mass is 31.2. The van der Waals surface area contributed by atoms with Crippen LogP contribution >= 0.6 is 7.26 Å². The van der Waals surface area contributed by atoms with E-state index in [2.05, 4.69) is 41.0 Å². The Kier molecular flexibility index (Phi) is 4.05. The van der Waals surface area contributed by atoms with Crippen LogP contribution in [-0.4, -0.2) is 25.7 Å². The zero-order valence-electron chi connectivity index (χ0n) is 9.07. The van der Waals surface area contributed by atoms with Gasteiger partial charge in [0.15, 0.2) is 0 Å². The molecule has 0 saturated heterocycles. The van der Waals surface area contributed by atoms with Gasteiger partial charge in [0.2, 0.25) is 0 Å². The van der Waals surface area contributed by atoms with Crippen molar-refractivity contribution < 1.29 is 0 Å². The summed E-state index contributed by atoms with van der Waals surface area (Å²) in [7, 11) is -0.520. The van der Waals surface area contributed by atoms with Gasteiger partial charge in [0, 0.05) is 20.6 Å². The third kappa shape index (κ3) is 6.81. The minimum Gasteiger partial charge on any atom is -0.0600 e. The monoisotopic (exact) mass is 175 g/mol. The van der Waals surface area contributed by atoms with Crippen LogP contribution < -0.4 is 0 Å². The molecule has 68 valence electrons. The minimum atomic E-state index is -0.520. The minimum absolute atomic E-state index is 0.520. The molecule has 0 aliphatic heterocycles. The molecule has 0 rings (SSSR count). The Morgan fingerprint density at radius 1 is 1.09 bits per heavy atom. The summed E-state index contributed by atoms with van der Waals surface area (Å²) in [4.78, 5) is 0. The van der Waals surface area contributed by atoms with Crippen molar-refractivity contribution in [1.82, 2.24) is 0 Å². The predicted molar refractivity (Wildman–Crippen MR) is 58.2 cm³/mol. The Morgan fingerprint density at radius 3 is 1.82 bits per heavy atom. The Balaban J connectivity index is 3.70. The molecular formula is C10H24P+. The van der Waals surface area contributed by atoms with Crippen LogP contribution in [0.25, 0.3) is 0 Å². The van der Waals surface area contributed by atoms with Crippen LogP contribution in [0.4, 0.5) is 0 Å². The van der Waals surface area contributed by atoms with Crippen molar-refractivity contribution in [2.75, 3.05) is 25.7 Å². The first-order valence-corrected chi connectivity index (χ1v) is 7.64. The molecule has 0 saturated carbocycles. The van der Waals surface area contributed by atoms with E-state index in [0.29, 0.717) is 5.41 Å². The number of rotatable bonds is 3. The van der Waals surface area contributed by atoms with Gasteiger partial charge in [-0.3, -0.25) is 0 Å². The van der Waals surface area contributed by atoms with Crippen LogP contribution in [0.2, 0.25) is 0 Å². The lowest BCUT2D eigenvalue weighted by molar-refractivity contribution is 0.400. The molecule has 0 radical (unpaired) electrons. The van der Waals surface area contributed by atoms with Gasteiger partial charge in [-0.15, -0.1) is 0 Å². The molecule has 0 N–H and O–H groups in total. The van der Waals surface area contributed by atoms with E-state index >= 15 is 0 Å². The molecule has 11 heavy (non-hydrogen) atoms. The molecule has 0 fully saturated rings. The summed E-state index contributed by atoms with van der Waals surface area (Å²) >= 11 is 0. The zero-order chi connectivity index (χ0) is 9.12. The number of hydrogen-bond donors (Lipinski definition) is 0. The molecule has 0 aliphatic rings. The van der Waals surface area contributed by atoms with Crippen molar-refractivity contribution in [2.45, 2.75) is 34.1 Å². The molecule has 0 aromatic rings. The van der Waals surface area contributed by atoms with Gasteiger partial charge in [0.1, 0.15) is 0 Å². The molecule has 0 aromatic heterocycles. The van der Waals surface area contributed by atoms with Gasteiger partial charge in [0.05, 0.1) is 12.3 Å². The molecule has 0 heterocycles. The smallest absolute Gasteiger partial charge is 0.0593 e. The normalized spacial score (nSPS) is 13.6. The zero-order valence-corrected chi connectivity index (χ0v) is 9.96. The highest BCUT2D eigenvalue weighted by Crippen LogP contribution is 2.52. The van der Waals surface area contributed by atoms with Crippen molar-refractivity contribution in [1.29, 1.82) is 0 Å². The van der Waals surface area contributed by atoms with Crippen LogP contribution in [0, 0.1) is 5.41 Å². The van der Waals surface area contributed by atoms with E-state index in [0.717, 1.165) is 0 Å². The van der Waals surface area contributed by atoms with E-state index in [4.69, 9.17) is 0 Å². The number of hydrogen-bond acceptors (Lipinski definition) is 0. The van der Waals surface area contributed by atoms with Crippen molar-refractivity contribution in [3.63, 3.8) is 0 Å². The van der Waals surface area contributed by atoms with Crippen molar-refractivity contribution in [3.05, 3.63) is 0 Å². The highest BCUT2D eigenvalue weighted by Gasteiger charge is 2.24. The quantitative estimate of drug-likeness (QED) is 0.573. The van der Waals surface area contributed by atoms with E-state index in [1.54, 1.807) is 0 Å². The van der Waals surface area contributed by atoms with E-state index in [1.165, 1.54) is 18.7 Å². The van der Waals surface area contributed by atoms with Gasteiger partial charge < -0.3 is 0 Å². The molecule has 0 nitrogen and oxygen atoms in total. The molecule has 0 spiro atoms. The maximum Gasteiger partial charge on any atom is 0.0593 e. The van der Waals surface area contributed by atoms with Crippen molar-refractivity contribution in [2.24, 2.45) is 5.41 Å². The first-order chi connectivity index (χ1) is 4.77. The lowest BCUT2D eigenvalue weighted by Gasteiger charge is -2.22. The fraction of sp³-hybridized carbons (Fsp3) is 1.00. The average molecular weight is 175 g/mol. The van der Waals surface area contributed by atoms with E-state index in [-0.39, 0.29) is 0 Å². The Labute approximate surface area is 73.1 Å². The van der Waals surface area contributed by atoms with Crippen LogP contribution in [0.1, 0.15) is 34.1 Å². The van der Waals surface area contributed by atoms with Gasteiger partial charge in [-0.1, -0.05) is 20.8 Å². The molecule has 0 bridgehead atoms. The summed E-state index contributed by atoms with van der Waals surface area (Å²) in [6, 6.07) is 0.